The van der Waals surface area contributed by atoms with Gasteiger partial charge in [0, 0.05) is 12.1 Å². The van der Waals surface area contributed by atoms with E-state index < -0.39 is 0 Å². The van der Waals surface area contributed by atoms with E-state index in [2.05, 4.69) is 20.4 Å². The molecule has 84 valence electrons. The molecule has 2 aromatic rings. The fourth-order valence-corrected chi connectivity index (χ4v) is 1.25. The highest BCUT2D eigenvalue weighted by molar-refractivity contribution is 5.38. The zero-order chi connectivity index (χ0) is 11.4. The molecule has 2 aromatic heterocycles. The van der Waals surface area contributed by atoms with Crippen molar-refractivity contribution < 1.29 is 9.26 Å². The average molecular weight is 220 g/mol. The van der Waals surface area contributed by atoms with Gasteiger partial charge in [-0.3, -0.25) is 0 Å². The Hall–Kier alpha value is -2.11. The van der Waals surface area contributed by atoms with E-state index in [1.165, 1.54) is 6.26 Å². The molecule has 0 unspecified atom stereocenters. The van der Waals surface area contributed by atoms with Gasteiger partial charge in [0.15, 0.2) is 0 Å². The SMILES string of the molecule is COc1cc(NCc2ccon2)nc(C)n1. The predicted molar refractivity (Wildman–Crippen MR) is 57.2 cm³/mol. The molecule has 6 nitrogen and oxygen atoms in total. The van der Waals surface area contributed by atoms with Crippen LogP contribution in [-0.4, -0.2) is 22.2 Å². The molecule has 0 saturated carbocycles. The summed E-state index contributed by atoms with van der Waals surface area (Å²) >= 11 is 0. The highest BCUT2D eigenvalue weighted by atomic mass is 16.5. The fraction of sp³-hybridized carbons (Fsp3) is 0.300. The minimum absolute atomic E-state index is 0.537. The number of anilines is 1. The van der Waals surface area contributed by atoms with Gasteiger partial charge in [-0.15, -0.1) is 0 Å². The van der Waals surface area contributed by atoms with Crippen molar-refractivity contribution in [3.63, 3.8) is 0 Å². The largest absolute Gasteiger partial charge is 0.481 e. The lowest BCUT2D eigenvalue weighted by atomic mass is 10.4. The zero-order valence-corrected chi connectivity index (χ0v) is 9.10. The molecule has 0 atom stereocenters. The van der Waals surface area contributed by atoms with Crippen LogP contribution in [0, 0.1) is 6.92 Å². The van der Waals surface area contributed by atoms with Gasteiger partial charge < -0.3 is 14.6 Å². The van der Waals surface area contributed by atoms with Crippen LogP contribution in [0.25, 0.3) is 0 Å². The van der Waals surface area contributed by atoms with Crippen molar-refractivity contribution in [2.45, 2.75) is 13.5 Å². The number of aryl methyl sites for hydroxylation is 1. The smallest absolute Gasteiger partial charge is 0.218 e. The number of ether oxygens (including phenoxy) is 1. The monoisotopic (exact) mass is 220 g/mol. The van der Waals surface area contributed by atoms with Crippen LogP contribution in [0.15, 0.2) is 22.9 Å². The zero-order valence-electron chi connectivity index (χ0n) is 9.10. The van der Waals surface area contributed by atoms with Crippen molar-refractivity contribution in [2.24, 2.45) is 0 Å². The van der Waals surface area contributed by atoms with Gasteiger partial charge >= 0.3 is 0 Å². The second-order valence-corrected chi connectivity index (χ2v) is 3.19. The molecule has 0 aliphatic heterocycles. The van der Waals surface area contributed by atoms with Crippen LogP contribution in [0.3, 0.4) is 0 Å². The second-order valence-electron chi connectivity index (χ2n) is 3.19. The van der Waals surface area contributed by atoms with E-state index in [4.69, 9.17) is 9.26 Å². The van der Waals surface area contributed by atoms with Gasteiger partial charge in [0.2, 0.25) is 5.88 Å². The molecule has 0 radical (unpaired) electrons. The van der Waals surface area contributed by atoms with Crippen molar-refractivity contribution in [3.05, 3.63) is 29.9 Å². The Morgan fingerprint density at radius 1 is 1.44 bits per heavy atom. The summed E-state index contributed by atoms with van der Waals surface area (Å²) in [6.07, 6.45) is 1.53. The molecule has 16 heavy (non-hydrogen) atoms. The van der Waals surface area contributed by atoms with Crippen molar-refractivity contribution >= 4 is 5.82 Å². The topological polar surface area (TPSA) is 73.1 Å². The van der Waals surface area contributed by atoms with E-state index in [1.807, 2.05) is 6.92 Å². The number of methoxy groups -OCH3 is 1. The van der Waals surface area contributed by atoms with Crippen LogP contribution in [0.1, 0.15) is 11.5 Å². The molecular formula is C10H12N4O2. The first-order valence-electron chi connectivity index (χ1n) is 4.81. The summed E-state index contributed by atoms with van der Waals surface area (Å²) in [5.74, 6) is 1.89. The molecule has 0 aromatic carbocycles. The van der Waals surface area contributed by atoms with Crippen LogP contribution < -0.4 is 10.1 Å². The van der Waals surface area contributed by atoms with Gasteiger partial charge in [-0.25, -0.2) is 4.98 Å². The molecule has 0 aliphatic rings. The minimum atomic E-state index is 0.537. The Labute approximate surface area is 92.7 Å². The number of hydrogen-bond donors (Lipinski definition) is 1. The molecule has 2 heterocycles. The third-order valence-corrected chi connectivity index (χ3v) is 1.97. The lowest BCUT2D eigenvalue weighted by molar-refractivity contribution is 0.396. The molecule has 1 N–H and O–H groups in total. The molecular weight excluding hydrogens is 208 g/mol. The number of nitrogens with one attached hydrogen (secondary N) is 1. The quantitative estimate of drug-likeness (QED) is 0.839. The van der Waals surface area contributed by atoms with E-state index in [1.54, 1.807) is 19.2 Å². The standard InChI is InChI=1S/C10H12N4O2/c1-7-12-9(5-10(13-7)15-2)11-6-8-3-4-16-14-8/h3-5H,6H2,1-2H3,(H,11,12,13). The van der Waals surface area contributed by atoms with Crippen molar-refractivity contribution in [1.29, 1.82) is 0 Å². The molecule has 0 saturated heterocycles. The molecule has 0 aliphatic carbocycles. The first-order valence-corrected chi connectivity index (χ1v) is 4.81. The Balaban J connectivity index is 2.06. The summed E-state index contributed by atoms with van der Waals surface area (Å²) in [7, 11) is 1.57. The predicted octanol–water partition coefficient (Wildman–Crippen LogP) is 1.39. The van der Waals surface area contributed by atoms with Crippen molar-refractivity contribution in [3.8, 4) is 5.88 Å². The summed E-state index contributed by atoms with van der Waals surface area (Å²) in [4.78, 5) is 8.31. The maximum atomic E-state index is 5.05. The normalized spacial score (nSPS) is 10.1. The van der Waals surface area contributed by atoms with E-state index in [9.17, 15) is 0 Å². The highest BCUT2D eigenvalue weighted by Gasteiger charge is 2.02. The van der Waals surface area contributed by atoms with E-state index in [-0.39, 0.29) is 0 Å². The molecule has 0 fully saturated rings. The number of aromatic nitrogens is 3. The van der Waals surface area contributed by atoms with Crippen LogP contribution in [0.5, 0.6) is 5.88 Å². The van der Waals surface area contributed by atoms with Crippen LogP contribution in [-0.2, 0) is 6.54 Å². The van der Waals surface area contributed by atoms with Crippen LogP contribution in [0.4, 0.5) is 5.82 Å². The second kappa shape index (κ2) is 4.61. The molecule has 0 bridgehead atoms. The van der Waals surface area contributed by atoms with Gasteiger partial charge in [0.1, 0.15) is 23.6 Å². The summed E-state index contributed by atoms with van der Waals surface area (Å²) in [5, 5.41) is 6.89. The average Bonchev–Trinajstić information content (AvgIpc) is 2.78. The maximum Gasteiger partial charge on any atom is 0.218 e. The summed E-state index contributed by atoms with van der Waals surface area (Å²) < 4.78 is 9.77. The van der Waals surface area contributed by atoms with Crippen LogP contribution >= 0.6 is 0 Å². The first kappa shape index (κ1) is 10.4. The Bertz CT molecular complexity index is 456. The molecule has 6 heteroatoms. The third kappa shape index (κ3) is 2.47. The molecule has 0 amide bonds. The summed E-state index contributed by atoms with van der Waals surface area (Å²) in [6.45, 7) is 2.36. The highest BCUT2D eigenvalue weighted by Crippen LogP contribution is 2.13. The number of rotatable bonds is 4. The lowest BCUT2D eigenvalue weighted by Gasteiger charge is -2.06. The van der Waals surface area contributed by atoms with Crippen molar-refractivity contribution in [1.82, 2.24) is 15.1 Å². The fourth-order valence-electron chi connectivity index (χ4n) is 1.25. The van der Waals surface area contributed by atoms with Gasteiger partial charge in [0.05, 0.1) is 13.7 Å². The number of hydrogen-bond acceptors (Lipinski definition) is 6. The Kier molecular flexibility index (Phi) is 3.00. The van der Waals surface area contributed by atoms with Gasteiger partial charge in [0.25, 0.3) is 0 Å². The third-order valence-electron chi connectivity index (χ3n) is 1.97. The Morgan fingerprint density at radius 2 is 2.31 bits per heavy atom. The van der Waals surface area contributed by atoms with Gasteiger partial charge in [-0.1, -0.05) is 5.16 Å². The summed E-state index contributed by atoms with van der Waals surface area (Å²) in [6, 6.07) is 3.52. The van der Waals surface area contributed by atoms with Gasteiger partial charge in [-0.05, 0) is 6.92 Å². The maximum absolute atomic E-state index is 5.05. The van der Waals surface area contributed by atoms with E-state index in [0.717, 1.165) is 5.69 Å². The Morgan fingerprint density at radius 3 is 3.00 bits per heavy atom. The van der Waals surface area contributed by atoms with Crippen molar-refractivity contribution in [2.75, 3.05) is 12.4 Å². The van der Waals surface area contributed by atoms with E-state index >= 15 is 0 Å². The van der Waals surface area contributed by atoms with Gasteiger partial charge in [-0.2, -0.15) is 4.98 Å². The first-order chi connectivity index (χ1) is 7.78. The molecule has 0 spiro atoms. The lowest BCUT2D eigenvalue weighted by Crippen LogP contribution is -2.04. The van der Waals surface area contributed by atoms with E-state index in [0.29, 0.717) is 24.1 Å². The van der Waals surface area contributed by atoms with Crippen LogP contribution in [0.2, 0.25) is 0 Å². The molecule has 2 rings (SSSR count). The minimum Gasteiger partial charge on any atom is -0.481 e. The summed E-state index contributed by atoms with van der Waals surface area (Å²) in [5.41, 5.74) is 0.815. The number of nitrogens with zero attached hydrogens (tertiary/aromatic N) is 3.